The van der Waals surface area contributed by atoms with Gasteiger partial charge in [0.2, 0.25) is 0 Å². The summed E-state index contributed by atoms with van der Waals surface area (Å²) in [6.07, 6.45) is 2.93. The van der Waals surface area contributed by atoms with E-state index in [1.54, 1.807) is 6.07 Å². The van der Waals surface area contributed by atoms with Crippen LogP contribution in [0, 0.1) is 13.8 Å². The minimum atomic E-state index is -3.50. The third-order valence-electron chi connectivity index (χ3n) is 3.32. The van der Waals surface area contributed by atoms with Gasteiger partial charge in [0, 0.05) is 13.1 Å². The molecule has 1 aliphatic rings. The first kappa shape index (κ1) is 14.6. The van der Waals surface area contributed by atoms with E-state index in [0.717, 1.165) is 30.4 Å². The van der Waals surface area contributed by atoms with Crippen LogP contribution in [0.1, 0.15) is 30.4 Å². The van der Waals surface area contributed by atoms with E-state index in [0.29, 0.717) is 23.8 Å². The fraction of sp³-hybridized carbons (Fsp3) is 0.538. The van der Waals surface area contributed by atoms with Crippen molar-refractivity contribution >= 4 is 27.5 Å². The van der Waals surface area contributed by atoms with E-state index >= 15 is 0 Å². The van der Waals surface area contributed by atoms with Crippen molar-refractivity contribution < 1.29 is 8.42 Å². The minimum Gasteiger partial charge on any atom is -0.269 e. The van der Waals surface area contributed by atoms with Crippen molar-refractivity contribution in [3.63, 3.8) is 0 Å². The second-order valence-corrected chi connectivity index (χ2v) is 7.08. The maximum atomic E-state index is 12.3. The Morgan fingerprint density at radius 2 is 1.79 bits per heavy atom. The third-order valence-corrected chi connectivity index (χ3v) is 5.12. The van der Waals surface area contributed by atoms with Gasteiger partial charge in [0.1, 0.15) is 0 Å². The standard InChI is InChI=1S/C13H19ClN2O2S/c1-10-8-11(2)13(12(14)9-10)15-19(17,18)16-6-4-3-5-7-16/h8-9,15H,3-7H2,1-2H3. The molecular formula is C13H19ClN2O2S. The molecule has 2 rings (SSSR count). The molecule has 1 aromatic rings. The summed E-state index contributed by atoms with van der Waals surface area (Å²) in [6.45, 7) is 4.95. The van der Waals surface area contributed by atoms with Crippen LogP contribution in [0.15, 0.2) is 12.1 Å². The summed E-state index contributed by atoms with van der Waals surface area (Å²) < 4.78 is 28.7. The maximum absolute atomic E-state index is 12.3. The molecule has 0 spiro atoms. The van der Waals surface area contributed by atoms with E-state index in [1.807, 2.05) is 19.9 Å². The molecule has 4 nitrogen and oxygen atoms in total. The number of halogens is 1. The zero-order chi connectivity index (χ0) is 14.0. The average molecular weight is 303 g/mol. The first-order valence-corrected chi connectivity index (χ1v) is 8.26. The summed E-state index contributed by atoms with van der Waals surface area (Å²) in [5.41, 5.74) is 2.34. The highest BCUT2D eigenvalue weighted by molar-refractivity contribution is 7.90. The second-order valence-electron chi connectivity index (χ2n) is 5.01. The Bertz CT molecular complexity index is 543. The minimum absolute atomic E-state index is 0.443. The Kier molecular flexibility index (Phi) is 4.38. The molecule has 0 bridgehead atoms. The van der Waals surface area contributed by atoms with Crippen molar-refractivity contribution in [3.05, 3.63) is 28.3 Å². The highest BCUT2D eigenvalue weighted by atomic mass is 35.5. The number of nitrogens with zero attached hydrogens (tertiary/aromatic N) is 1. The SMILES string of the molecule is Cc1cc(C)c(NS(=O)(=O)N2CCCCC2)c(Cl)c1. The molecule has 0 radical (unpaired) electrons. The van der Waals surface area contributed by atoms with E-state index in [4.69, 9.17) is 11.6 Å². The molecular weight excluding hydrogens is 284 g/mol. The van der Waals surface area contributed by atoms with Gasteiger partial charge in [0.15, 0.2) is 0 Å². The van der Waals surface area contributed by atoms with Crippen LogP contribution in [0.2, 0.25) is 5.02 Å². The van der Waals surface area contributed by atoms with Crippen molar-refractivity contribution in [1.29, 1.82) is 0 Å². The Hall–Kier alpha value is -0.780. The van der Waals surface area contributed by atoms with E-state index in [-0.39, 0.29) is 0 Å². The summed E-state index contributed by atoms with van der Waals surface area (Å²) in [7, 11) is -3.50. The summed E-state index contributed by atoms with van der Waals surface area (Å²) in [6, 6.07) is 3.68. The van der Waals surface area contributed by atoms with Crippen molar-refractivity contribution in [1.82, 2.24) is 4.31 Å². The van der Waals surface area contributed by atoms with Crippen molar-refractivity contribution in [2.45, 2.75) is 33.1 Å². The monoisotopic (exact) mass is 302 g/mol. The fourth-order valence-electron chi connectivity index (χ4n) is 2.34. The molecule has 1 N–H and O–H groups in total. The van der Waals surface area contributed by atoms with Crippen molar-refractivity contribution in [2.24, 2.45) is 0 Å². The lowest BCUT2D eigenvalue weighted by atomic mass is 10.1. The number of aryl methyl sites for hydroxylation is 2. The summed E-state index contributed by atoms with van der Waals surface area (Å²) in [5, 5.41) is 0.443. The molecule has 0 unspecified atom stereocenters. The fourth-order valence-corrected chi connectivity index (χ4v) is 4.17. The number of rotatable bonds is 3. The predicted octanol–water partition coefficient (Wildman–Crippen LogP) is 3.10. The lowest BCUT2D eigenvalue weighted by Gasteiger charge is -2.26. The number of hydrogen-bond acceptors (Lipinski definition) is 2. The van der Waals surface area contributed by atoms with Gasteiger partial charge in [-0.2, -0.15) is 12.7 Å². The number of piperidine rings is 1. The molecule has 1 saturated heterocycles. The molecule has 19 heavy (non-hydrogen) atoms. The number of nitrogens with one attached hydrogen (secondary N) is 1. The molecule has 0 amide bonds. The summed E-state index contributed by atoms with van der Waals surface area (Å²) >= 11 is 6.13. The van der Waals surface area contributed by atoms with Crippen LogP contribution in [0.25, 0.3) is 0 Å². The number of hydrogen-bond donors (Lipinski definition) is 1. The quantitative estimate of drug-likeness (QED) is 0.932. The zero-order valence-electron chi connectivity index (χ0n) is 11.2. The van der Waals surface area contributed by atoms with Gasteiger partial charge < -0.3 is 0 Å². The Morgan fingerprint density at radius 3 is 2.37 bits per heavy atom. The summed E-state index contributed by atoms with van der Waals surface area (Å²) in [5.74, 6) is 0. The zero-order valence-corrected chi connectivity index (χ0v) is 12.8. The van der Waals surface area contributed by atoms with Gasteiger partial charge in [0.05, 0.1) is 10.7 Å². The van der Waals surface area contributed by atoms with Gasteiger partial charge in [-0.05, 0) is 43.9 Å². The van der Waals surface area contributed by atoms with Crippen LogP contribution in [0.4, 0.5) is 5.69 Å². The van der Waals surface area contributed by atoms with Crippen LogP contribution in [-0.4, -0.2) is 25.8 Å². The van der Waals surface area contributed by atoms with Gasteiger partial charge in [-0.25, -0.2) is 0 Å². The molecule has 1 aromatic carbocycles. The predicted molar refractivity (Wildman–Crippen MR) is 78.9 cm³/mol. The van der Waals surface area contributed by atoms with E-state index in [2.05, 4.69) is 4.72 Å². The largest absolute Gasteiger partial charge is 0.301 e. The normalized spacial score (nSPS) is 17.4. The van der Waals surface area contributed by atoms with Crippen molar-refractivity contribution in [3.8, 4) is 0 Å². The lowest BCUT2D eigenvalue weighted by Crippen LogP contribution is -2.39. The van der Waals surface area contributed by atoms with Crippen LogP contribution >= 0.6 is 11.6 Å². The van der Waals surface area contributed by atoms with Gasteiger partial charge in [-0.15, -0.1) is 0 Å². The highest BCUT2D eigenvalue weighted by Gasteiger charge is 2.25. The molecule has 0 aliphatic carbocycles. The Balaban J connectivity index is 2.25. The molecule has 1 aliphatic heterocycles. The third kappa shape index (κ3) is 3.41. The average Bonchev–Trinajstić information content (AvgIpc) is 2.35. The smallest absolute Gasteiger partial charge is 0.269 e. The van der Waals surface area contributed by atoms with Crippen LogP contribution in [0.5, 0.6) is 0 Å². The molecule has 1 heterocycles. The highest BCUT2D eigenvalue weighted by Crippen LogP contribution is 2.29. The van der Waals surface area contributed by atoms with Gasteiger partial charge in [-0.3, -0.25) is 4.72 Å². The second kappa shape index (κ2) is 5.69. The van der Waals surface area contributed by atoms with Crippen LogP contribution in [-0.2, 0) is 10.2 Å². The number of anilines is 1. The molecule has 0 aromatic heterocycles. The van der Waals surface area contributed by atoms with Crippen LogP contribution in [0.3, 0.4) is 0 Å². The first-order valence-electron chi connectivity index (χ1n) is 6.45. The number of benzene rings is 1. The van der Waals surface area contributed by atoms with Gasteiger partial charge in [0.25, 0.3) is 0 Å². The molecule has 6 heteroatoms. The van der Waals surface area contributed by atoms with Crippen molar-refractivity contribution in [2.75, 3.05) is 17.8 Å². The molecule has 0 atom stereocenters. The molecule has 1 fully saturated rings. The maximum Gasteiger partial charge on any atom is 0.301 e. The Morgan fingerprint density at radius 1 is 1.16 bits per heavy atom. The van der Waals surface area contributed by atoms with Gasteiger partial charge >= 0.3 is 10.2 Å². The van der Waals surface area contributed by atoms with Crippen LogP contribution < -0.4 is 4.72 Å². The van der Waals surface area contributed by atoms with E-state index in [1.165, 1.54) is 4.31 Å². The van der Waals surface area contributed by atoms with E-state index < -0.39 is 10.2 Å². The summed E-state index contributed by atoms with van der Waals surface area (Å²) in [4.78, 5) is 0. The van der Waals surface area contributed by atoms with Gasteiger partial charge in [-0.1, -0.05) is 24.1 Å². The first-order chi connectivity index (χ1) is 8.90. The lowest BCUT2D eigenvalue weighted by molar-refractivity contribution is 0.349. The van der Waals surface area contributed by atoms with E-state index in [9.17, 15) is 8.42 Å². The molecule has 0 saturated carbocycles. The molecule has 106 valence electrons. The topological polar surface area (TPSA) is 49.4 Å². The Labute approximate surface area is 119 Å².